The average molecular weight is 323 g/mol. The first-order valence-corrected chi connectivity index (χ1v) is 5.10. The van der Waals surface area contributed by atoms with Crippen molar-refractivity contribution in [3.63, 3.8) is 0 Å². The Hall–Kier alpha value is -1.55. The lowest BCUT2D eigenvalue weighted by molar-refractivity contribution is -0.275. The highest BCUT2D eigenvalue weighted by Crippen LogP contribution is 2.35. The fraction of sp³-hybridized carbons (Fsp3) is 0.333. The Balaban J connectivity index is 3.49. The van der Waals surface area contributed by atoms with Crippen LogP contribution in [0.5, 0.6) is 5.75 Å². The third kappa shape index (κ3) is 3.97. The molecule has 0 bridgehead atoms. The van der Waals surface area contributed by atoms with Crippen molar-refractivity contribution < 1.29 is 35.9 Å². The van der Waals surface area contributed by atoms with E-state index in [1.165, 1.54) is 0 Å². The number of nitrogens with zero attached hydrogens (tertiary/aromatic N) is 1. The van der Waals surface area contributed by atoms with Crippen LogP contribution >= 0.6 is 11.6 Å². The van der Waals surface area contributed by atoms with Crippen molar-refractivity contribution in [1.29, 1.82) is 0 Å². The number of hydrogen-bond donors (Lipinski definition) is 1. The first-order chi connectivity index (χ1) is 8.95. The van der Waals surface area contributed by atoms with Crippen LogP contribution in [0.1, 0.15) is 21.7 Å². The third-order valence-electron chi connectivity index (χ3n) is 1.96. The molecule has 0 aliphatic heterocycles. The molecule has 11 heteroatoms. The Morgan fingerprint density at radius 2 is 1.85 bits per heavy atom. The molecule has 0 saturated heterocycles. The zero-order valence-electron chi connectivity index (χ0n) is 9.27. The number of hydrogen-bond acceptors (Lipinski definition) is 4. The number of pyridine rings is 1. The number of nitrogens with two attached hydrogens (primary N) is 1. The molecule has 0 radical (unpaired) electrons. The Labute approximate surface area is 112 Å². The molecule has 0 saturated carbocycles. The van der Waals surface area contributed by atoms with Gasteiger partial charge in [0.2, 0.25) is 0 Å². The third-order valence-corrected chi connectivity index (χ3v) is 2.16. The lowest BCUT2D eigenvalue weighted by Gasteiger charge is -2.16. The maximum absolute atomic E-state index is 12.6. The number of aromatic nitrogens is 1. The lowest BCUT2D eigenvalue weighted by Crippen LogP contribution is -2.22. The summed E-state index contributed by atoms with van der Waals surface area (Å²) in [5.74, 6) is -1.11. The van der Waals surface area contributed by atoms with Crippen molar-refractivity contribution >= 4 is 16.8 Å². The predicted octanol–water partition coefficient (Wildman–Crippen LogP) is 2.84. The van der Waals surface area contributed by atoms with E-state index in [-0.39, 0.29) is 6.07 Å². The zero-order chi connectivity index (χ0) is 15.7. The van der Waals surface area contributed by atoms with Crippen molar-refractivity contribution in [2.75, 3.05) is 0 Å². The van der Waals surface area contributed by atoms with E-state index in [9.17, 15) is 31.1 Å². The van der Waals surface area contributed by atoms with E-state index in [0.717, 1.165) is 0 Å². The summed E-state index contributed by atoms with van der Waals surface area (Å²) in [5.41, 5.74) is 1.22. The Morgan fingerprint density at radius 1 is 1.30 bits per heavy atom. The molecule has 0 aromatic carbocycles. The SMILES string of the molecule is NCc1nc(C(F)(F)F)c(C(=O)Cl)cc1OC(F)(F)F. The van der Waals surface area contributed by atoms with Crippen LogP contribution in [0, 0.1) is 0 Å². The van der Waals surface area contributed by atoms with Gasteiger partial charge in [0.1, 0.15) is 0 Å². The molecule has 1 heterocycles. The number of carbonyl (C=O) groups is 1. The van der Waals surface area contributed by atoms with E-state index in [1.54, 1.807) is 0 Å². The fourth-order valence-corrected chi connectivity index (χ4v) is 1.40. The van der Waals surface area contributed by atoms with Gasteiger partial charge in [-0.05, 0) is 17.7 Å². The quantitative estimate of drug-likeness (QED) is 0.686. The minimum absolute atomic E-state index is 0.209. The molecular formula is C9H5ClF6N2O2. The van der Waals surface area contributed by atoms with Crippen molar-refractivity contribution in [2.24, 2.45) is 5.73 Å². The molecule has 0 atom stereocenters. The second-order valence-corrected chi connectivity index (χ2v) is 3.70. The van der Waals surface area contributed by atoms with Crippen LogP contribution in [0.25, 0.3) is 0 Å². The summed E-state index contributed by atoms with van der Waals surface area (Å²) in [6.07, 6.45) is -10.3. The second kappa shape index (κ2) is 5.44. The van der Waals surface area contributed by atoms with E-state index in [2.05, 4.69) is 9.72 Å². The predicted molar refractivity (Wildman–Crippen MR) is 54.0 cm³/mol. The molecule has 0 fully saturated rings. The van der Waals surface area contributed by atoms with Crippen LogP contribution in [-0.2, 0) is 12.7 Å². The first-order valence-electron chi connectivity index (χ1n) is 4.72. The van der Waals surface area contributed by atoms with E-state index in [0.29, 0.717) is 0 Å². The average Bonchev–Trinajstić information content (AvgIpc) is 2.24. The van der Waals surface area contributed by atoms with Gasteiger partial charge in [0, 0.05) is 6.54 Å². The smallest absolute Gasteiger partial charge is 0.404 e. The number of rotatable bonds is 3. The van der Waals surface area contributed by atoms with Crippen molar-refractivity contribution in [3.8, 4) is 5.75 Å². The molecule has 112 valence electrons. The highest BCUT2D eigenvalue weighted by Gasteiger charge is 2.39. The van der Waals surface area contributed by atoms with Gasteiger partial charge in [0.25, 0.3) is 5.24 Å². The van der Waals surface area contributed by atoms with Crippen molar-refractivity contribution in [1.82, 2.24) is 4.98 Å². The van der Waals surface area contributed by atoms with Gasteiger partial charge in [-0.15, -0.1) is 13.2 Å². The van der Waals surface area contributed by atoms with Gasteiger partial charge in [-0.1, -0.05) is 0 Å². The minimum atomic E-state index is -5.18. The normalized spacial score (nSPS) is 12.4. The van der Waals surface area contributed by atoms with E-state index in [1.807, 2.05) is 0 Å². The summed E-state index contributed by atoms with van der Waals surface area (Å²) in [7, 11) is 0. The zero-order valence-corrected chi connectivity index (χ0v) is 10.0. The molecule has 1 rings (SSSR count). The van der Waals surface area contributed by atoms with Gasteiger partial charge in [0.05, 0.1) is 11.3 Å². The summed E-state index contributed by atoms with van der Waals surface area (Å²) >= 11 is 4.91. The van der Waals surface area contributed by atoms with Crippen molar-refractivity contribution in [2.45, 2.75) is 19.1 Å². The molecular weight excluding hydrogens is 318 g/mol. The Kier molecular flexibility index (Phi) is 4.49. The molecule has 20 heavy (non-hydrogen) atoms. The number of alkyl halides is 6. The molecule has 0 aliphatic carbocycles. The van der Waals surface area contributed by atoms with Gasteiger partial charge in [-0.2, -0.15) is 13.2 Å². The maximum atomic E-state index is 12.6. The topological polar surface area (TPSA) is 65.2 Å². The molecule has 4 nitrogen and oxygen atoms in total. The summed E-state index contributed by atoms with van der Waals surface area (Å²) in [6.45, 7) is -0.759. The van der Waals surface area contributed by atoms with Gasteiger partial charge in [0.15, 0.2) is 11.4 Å². The largest absolute Gasteiger partial charge is 0.573 e. The number of halogens is 7. The van der Waals surface area contributed by atoms with Gasteiger partial charge in [-0.3, -0.25) is 4.79 Å². The van der Waals surface area contributed by atoms with Crippen LogP contribution < -0.4 is 10.5 Å². The first kappa shape index (κ1) is 16.5. The molecule has 2 N–H and O–H groups in total. The molecule has 0 amide bonds. The fourth-order valence-electron chi connectivity index (χ4n) is 1.26. The molecule has 1 aromatic heterocycles. The van der Waals surface area contributed by atoms with Crippen molar-refractivity contribution in [3.05, 3.63) is 23.0 Å². The van der Waals surface area contributed by atoms with Crippen LogP contribution in [0.3, 0.4) is 0 Å². The van der Waals surface area contributed by atoms with Gasteiger partial charge < -0.3 is 10.5 Å². The maximum Gasteiger partial charge on any atom is 0.573 e. The second-order valence-electron chi connectivity index (χ2n) is 3.35. The molecule has 0 unspecified atom stereocenters. The number of carbonyl (C=O) groups excluding carboxylic acids is 1. The summed E-state index contributed by atoms with van der Waals surface area (Å²) < 4.78 is 77.6. The van der Waals surface area contributed by atoms with Crippen LogP contribution in [-0.4, -0.2) is 16.6 Å². The molecule has 0 spiro atoms. The standard InChI is InChI=1S/C9H5ClF6N2O2/c10-7(19)3-1-5(20-9(14,15)16)4(2-17)18-6(3)8(11,12)13/h1H,2,17H2. The Bertz CT molecular complexity index is 528. The highest BCUT2D eigenvalue weighted by atomic mass is 35.5. The van der Waals surface area contributed by atoms with Gasteiger partial charge in [-0.25, -0.2) is 4.98 Å². The highest BCUT2D eigenvalue weighted by molar-refractivity contribution is 6.67. The molecule has 1 aromatic rings. The molecule has 0 aliphatic rings. The summed E-state index contributed by atoms with van der Waals surface area (Å²) in [5, 5.41) is -1.62. The van der Waals surface area contributed by atoms with E-state index < -0.39 is 47.0 Å². The lowest BCUT2D eigenvalue weighted by atomic mass is 10.1. The minimum Gasteiger partial charge on any atom is -0.404 e. The number of ether oxygens (including phenoxy) is 1. The van der Waals surface area contributed by atoms with E-state index >= 15 is 0 Å². The Morgan fingerprint density at radius 3 is 2.20 bits per heavy atom. The monoisotopic (exact) mass is 322 g/mol. The van der Waals surface area contributed by atoms with Crippen LogP contribution in [0.4, 0.5) is 26.3 Å². The summed E-state index contributed by atoms with van der Waals surface area (Å²) in [6, 6.07) is 0.209. The van der Waals surface area contributed by atoms with Crippen LogP contribution in [0.2, 0.25) is 0 Å². The van der Waals surface area contributed by atoms with Gasteiger partial charge >= 0.3 is 12.5 Å². The summed E-state index contributed by atoms with van der Waals surface area (Å²) in [4.78, 5) is 13.8. The van der Waals surface area contributed by atoms with Crippen LogP contribution in [0.15, 0.2) is 6.07 Å². The van der Waals surface area contributed by atoms with E-state index in [4.69, 9.17) is 17.3 Å².